The zero-order chi connectivity index (χ0) is 32.0. The molecule has 0 saturated carbocycles. The van der Waals surface area contributed by atoms with E-state index in [1.165, 1.54) is 39.5 Å². The van der Waals surface area contributed by atoms with Gasteiger partial charge in [-0.3, -0.25) is 9.48 Å². The van der Waals surface area contributed by atoms with E-state index in [9.17, 15) is 28.0 Å². The first-order chi connectivity index (χ1) is 20.7. The van der Waals surface area contributed by atoms with Gasteiger partial charge in [0, 0.05) is 53.8 Å². The van der Waals surface area contributed by atoms with Gasteiger partial charge in [-0.15, -0.1) is 11.3 Å². The Morgan fingerprint density at radius 3 is 2.59 bits per heavy atom. The number of carbonyl (C=O) groups is 2. The number of nitriles is 1. The Labute approximate surface area is 256 Å². The number of amides is 2. The van der Waals surface area contributed by atoms with E-state index in [1.54, 1.807) is 45.9 Å². The molecule has 13 heteroatoms. The second kappa shape index (κ2) is 11.7. The molecule has 8 nitrogen and oxygen atoms in total. The van der Waals surface area contributed by atoms with Gasteiger partial charge in [0.1, 0.15) is 22.4 Å². The van der Waals surface area contributed by atoms with Crippen LogP contribution in [0.3, 0.4) is 0 Å². The number of benzene rings is 1. The highest BCUT2D eigenvalue weighted by Gasteiger charge is 2.40. The van der Waals surface area contributed by atoms with Crippen molar-refractivity contribution in [2.75, 3.05) is 13.1 Å². The summed E-state index contributed by atoms with van der Waals surface area (Å²) in [7, 11) is 0. The minimum atomic E-state index is -4.83. The number of ether oxygens (including phenoxy) is 1. The van der Waals surface area contributed by atoms with Gasteiger partial charge < -0.3 is 14.5 Å². The third-order valence-corrected chi connectivity index (χ3v) is 8.62. The molecule has 5 rings (SSSR count). The molecule has 44 heavy (non-hydrogen) atoms. The van der Waals surface area contributed by atoms with Crippen molar-refractivity contribution in [2.24, 2.45) is 0 Å². The first-order valence-corrected chi connectivity index (χ1v) is 14.9. The molecule has 1 aromatic carbocycles. The van der Waals surface area contributed by atoms with Crippen LogP contribution in [0.4, 0.5) is 22.4 Å². The summed E-state index contributed by atoms with van der Waals surface area (Å²) in [4.78, 5) is 30.1. The highest BCUT2D eigenvalue weighted by molar-refractivity contribution is 7.12. The largest absolute Gasteiger partial charge is 0.444 e. The number of aromatic nitrogens is 2. The standard InChI is InChI=1S/C31H31F4N5O3S/c1-5-39-16-23(28(37-39)31(33,34)35)27-20(7-6-8-24(27)32)22-15-38(17-25-21(22)13-19(14-36)44-25)26(41)10-9-18-11-12-40(18)29(42)43-30(2,3)4/h6-10,13,16,18,22H,5,11-12,15,17H2,1-4H3/b10-9+/t18-,22+/m1/s1. The van der Waals surface area contributed by atoms with Gasteiger partial charge >= 0.3 is 12.3 Å². The van der Waals surface area contributed by atoms with E-state index in [1.807, 2.05) is 0 Å². The van der Waals surface area contributed by atoms with E-state index in [-0.39, 0.29) is 48.3 Å². The minimum Gasteiger partial charge on any atom is -0.444 e. The van der Waals surface area contributed by atoms with Crippen molar-refractivity contribution in [2.45, 2.75) is 70.9 Å². The highest BCUT2D eigenvalue weighted by Crippen LogP contribution is 2.45. The molecule has 0 spiro atoms. The number of halogens is 4. The van der Waals surface area contributed by atoms with Gasteiger partial charge in [0.05, 0.1) is 12.6 Å². The zero-order valence-electron chi connectivity index (χ0n) is 24.6. The Hall–Kier alpha value is -4.18. The van der Waals surface area contributed by atoms with E-state index in [0.29, 0.717) is 28.3 Å². The van der Waals surface area contributed by atoms with Crippen LogP contribution in [0.5, 0.6) is 0 Å². The molecule has 2 atom stereocenters. The van der Waals surface area contributed by atoms with Gasteiger partial charge in [-0.2, -0.15) is 23.5 Å². The van der Waals surface area contributed by atoms with Gasteiger partial charge in [0.15, 0.2) is 5.69 Å². The monoisotopic (exact) mass is 629 g/mol. The number of rotatable bonds is 5. The maximum absolute atomic E-state index is 15.5. The summed E-state index contributed by atoms with van der Waals surface area (Å²) in [5.74, 6) is -1.94. The molecule has 1 fully saturated rings. The number of hydrogen-bond acceptors (Lipinski definition) is 6. The maximum atomic E-state index is 15.5. The number of fused-ring (bicyclic) bond motifs is 1. The Kier molecular flexibility index (Phi) is 8.33. The molecule has 0 aliphatic carbocycles. The van der Waals surface area contributed by atoms with Crippen molar-refractivity contribution in [1.82, 2.24) is 19.6 Å². The van der Waals surface area contributed by atoms with Crippen molar-refractivity contribution < 1.29 is 31.9 Å². The average Bonchev–Trinajstić information content (AvgIpc) is 3.55. The smallest absolute Gasteiger partial charge is 0.435 e. The SMILES string of the molecule is CCn1cc(-c2c(F)cccc2[C@@H]2CN(C(=O)/C=C/[C@@H]3CCN3C(=O)OC(C)(C)C)Cc3sc(C#N)cc32)c(C(F)(F)F)n1. The predicted molar refractivity (Wildman–Crippen MR) is 155 cm³/mol. The fraction of sp³-hybridized carbons (Fsp3) is 0.419. The lowest BCUT2D eigenvalue weighted by molar-refractivity contribution is -0.141. The Morgan fingerprint density at radius 2 is 1.98 bits per heavy atom. The van der Waals surface area contributed by atoms with Crippen LogP contribution in [0.2, 0.25) is 0 Å². The molecule has 0 radical (unpaired) electrons. The van der Waals surface area contributed by atoms with E-state index in [2.05, 4.69) is 11.2 Å². The number of nitrogens with zero attached hydrogens (tertiary/aromatic N) is 5. The van der Waals surface area contributed by atoms with Crippen LogP contribution in [-0.2, 0) is 28.8 Å². The second-order valence-corrected chi connectivity index (χ2v) is 12.8. The molecule has 2 aromatic heterocycles. The number of thiophene rings is 1. The number of hydrogen-bond donors (Lipinski definition) is 0. The minimum absolute atomic E-state index is 0.0396. The van der Waals surface area contributed by atoms with Crippen LogP contribution in [0, 0.1) is 17.1 Å². The van der Waals surface area contributed by atoms with Crippen molar-refractivity contribution in [3.8, 4) is 17.2 Å². The molecule has 4 heterocycles. The highest BCUT2D eigenvalue weighted by atomic mass is 32.1. The van der Waals surface area contributed by atoms with Crippen LogP contribution in [-0.4, -0.2) is 56.3 Å². The summed E-state index contributed by atoms with van der Waals surface area (Å²) in [6.07, 6.45) is -0.445. The fourth-order valence-electron chi connectivity index (χ4n) is 5.45. The lowest BCUT2D eigenvalue weighted by Gasteiger charge is -2.40. The summed E-state index contributed by atoms with van der Waals surface area (Å²) < 4.78 is 64.3. The first-order valence-electron chi connectivity index (χ1n) is 14.1. The number of carbonyl (C=O) groups excluding carboxylic acids is 2. The second-order valence-electron chi connectivity index (χ2n) is 11.7. The molecule has 3 aromatic rings. The molecule has 2 aliphatic heterocycles. The third-order valence-electron chi connectivity index (χ3n) is 7.58. The van der Waals surface area contributed by atoms with E-state index < -0.39 is 35.3 Å². The molecule has 0 bridgehead atoms. The topological polar surface area (TPSA) is 91.5 Å². The van der Waals surface area contributed by atoms with Gasteiger partial charge in [-0.1, -0.05) is 18.2 Å². The molecule has 0 N–H and O–H groups in total. The molecule has 2 amide bonds. The Balaban J connectivity index is 1.49. The van der Waals surface area contributed by atoms with Gasteiger partial charge in [0.25, 0.3) is 0 Å². The first kappa shape index (κ1) is 31.3. The molecule has 1 saturated heterocycles. The van der Waals surface area contributed by atoms with Gasteiger partial charge in [0.2, 0.25) is 5.91 Å². The van der Waals surface area contributed by atoms with Crippen LogP contribution in [0.25, 0.3) is 11.1 Å². The Bertz CT molecular complexity index is 1660. The van der Waals surface area contributed by atoms with Gasteiger partial charge in [-0.25, -0.2) is 9.18 Å². The lowest BCUT2D eigenvalue weighted by atomic mass is 9.83. The molecular weight excluding hydrogens is 598 g/mol. The van der Waals surface area contributed by atoms with Crippen molar-refractivity contribution in [3.05, 3.63) is 75.0 Å². The Morgan fingerprint density at radius 1 is 1.23 bits per heavy atom. The molecule has 232 valence electrons. The van der Waals surface area contributed by atoms with Gasteiger partial charge in [-0.05, 0) is 57.4 Å². The number of likely N-dealkylation sites (tertiary alicyclic amines) is 1. The van der Waals surface area contributed by atoms with Crippen LogP contribution < -0.4 is 0 Å². The number of alkyl halides is 3. The van der Waals surface area contributed by atoms with E-state index in [0.717, 1.165) is 10.7 Å². The van der Waals surface area contributed by atoms with Crippen molar-refractivity contribution in [1.29, 1.82) is 5.26 Å². The predicted octanol–water partition coefficient (Wildman–Crippen LogP) is 6.70. The zero-order valence-corrected chi connectivity index (χ0v) is 25.4. The average molecular weight is 630 g/mol. The lowest BCUT2D eigenvalue weighted by Crippen LogP contribution is -2.51. The molecular formula is C31H31F4N5O3S. The quantitative estimate of drug-likeness (QED) is 0.231. The normalized spacial score (nSPS) is 18.6. The third kappa shape index (κ3) is 6.22. The summed E-state index contributed by atoms with van der Waals surface area (Å²) in [5, 5.41) is 13.3. The van der Waals surface area contributed by atoms with Crippen molar-refractivity contribution >= 4 is 23.3 Å². The van der Waals surface area contributed by atoms with Crippen LogP contribution in [0.15, 0.2) is 42.6 Å². The van der Waals surface area contributed by atoms with Crippen molar-refractivity contribution in [3.63, 3.8) is 0 Å². The summed E-state index contributed by atoms with van der Waals surface area (Å²) in [6, 6.07) is 7.51. The molecule has 0 unspecified atom stereocenters. The fourth-order valence-corrected chi connectivity index (χ4v) is 6.49. The van der Waals surface area contributed by atoms with Crippen LogP contribution >= 0.6 is 11.3 Å². The summed E-state index contributed by atoms with van der Waals surface area (Å²) in [5.41, 5.74) is -1.57. The van der Waals surface area contributed by atoms with E-state index in [4.69, 9.17) is 4.74 Å². The maximum Gasteiger partial charge on any atom is 0.435 e. The van der Waals surface area contributed by atoms with Crippen LogP contribution in [0.1, 0.15) is 66.6 Å². The summed E-state index contributed by atoms with van der Waals surface area (Å²) >= 11 is 1.19. The molecule has 2 aliphatic rings. The summed E-state index contributed by atoms with van der Waals surface area (Å²) in [6.45, 7) is 7.80. The number of aryl methyl sites for hydroxylation is 1. The van der Waals surface area contributed by atoms with E-state index >= 15 is 4.39 Å².